The third-order valence-corrected chi connectivity index (χ3v) is 4.33. The van der Waals surface area contributed by atoms with E-state index in [1.165, 1.54) is 0 Å². The number of nitrogens with one attached hydrogen (secondary N) is 2. The van der Waals surface area contributed by atoms with Gasteiger partial charge in [0.1, 0.15) is 6.04 Å². The highest BCUT2D eigenvalue weighted by Gasteiger charge is 2.21. The van der Waals surface area contributed by atoms with Gasteiger partial charge in [0.15, 0.2) is 0 Å². The Bertz CT molecular complexity index is 285. The van der Waals surface area contributed by atoms with E-state index >= 15 is 0 Å². The second-order valence-corrected chi connectivity index (χ2v) is 6.96. The van der Waals surface area contributed by atoms with Gasteiger partial charge in [0.2, 0.25) is 0 Å². The third kappa shape index (κ3) is 7.71. The van der Waals surface area contributed by atoms with Gasteiger partial charge in [0.05, 0.1) is 0 Å². The molecule has 0 aromatic rings. The molecule has 5 nitrogen and oxygen atoms in total. The summed E-state index contributed by atoms with van der Waals surface area (Å²) in [5, 5.41) is 14.1. The normalized spacial score (nSPS) is 12.9. The number of carboxylic acid groups (broad SMARTS) is 1. The van der Waals surface area contributed by atoms with Crippen LogP contribution in [0.1, 0.15) is 20.3 Å². The molecule has 0 aliphatic heterocycles. The van der Waals surface area contributed by atoms with E-state index in [1.807, 2.05) is 26.4 Å². The number of carbonyl (C=O) groups excluding carboxylic acids is 1. The van der Waals surface area contributed by atoms with Crippen molar-refractivity contribution >= 4 is 35.5 Å². The zero-order chi connectivity index (χ0) is 14.2. The lowest BCUT2D eigenvalue weighted by atomic mass is 10.2. The van der Waals surface area contributed by atoms with E-state index in [4.69, 9.17) is 5.11 Å². The average Bonchev–Trinajstić information content (AvgIpc) is 2.31. The Morgan fingerprint density at radius 3 is 2.39 bits per heavy atom. The molecule has 0 unspecified atom stereocenters. The molecule has 0 heterocycles. The third-order valence-electron chi connectivity index (χ3n) is 2.44. The molecule has 106 valence electrons. The van der Waals surface area contributed by atoms with E-state index < -0.39 is 18.0 Å². The molecule has 0 fully saturated rings. The molecular weight excluding hydrogens is 272 g/mol. The maximum Gasteiger partial charge on any atom is 0.326 e. The van der Waals surface area contributed by atoms with Crippen molar-refractivity contribution in [3.63, 3.8) is 0 Å². The Labute approximate surface area is 117 Å². The summed E-state index contributed by atoms with van der Waals surface area (Å²) in [6.07, 6.45) is 4.30. The first-order chi connectivity index (χ1) is 8.32. The van der Waals surface area contributed by atoms with Crippen molar-refractivity contribution in [2.45, 2.75) is 31.1 Å². The lowest BCUT2D eigenvalue weighted by Gasteiger charge is -2.23. The van der Waals surface area contributed by atoms with Crippen LogP contribution in [0, 0.1) is 0 Å². The van der Waals surface area contributed by atoms with Crippen LogP contribution in [-0.2, 0) is 4.79 Å². The molecule has 0 aliphatic rings. The number of aliphatic carboxylic acids is 1. The van der Waals surface area contributed by atoms with E-state index in [2.05, 4.69) is 10.6 Å². The number of urea groups is 1. The Kier molecular flexibility index (Phi) is 8.26. The first-order valence-corrected chi connectivity index (χ1v) is 8.25. The maximum atomic E-state index is 11.6. The summed E-state index contributed by atoms with van der Waals surface area (Å²) in [4.78, 5) is 22.5. The topological polar surface area (TPSA) is 78.4 Å². The SMILES string of the molecule is CSCC[C@H](NC(=O)NCC(C)(C)SC)C(=O)O. The van der Waals surface area contributed by atoms with Crippen LogP contribution in [0.5, 0.6) is 0 Å². The summed E-state index contributed by atoms with van der Waals surface area (Å²) in [6.45, 7) is 4.52. The fourth-order valence-electron chi connectivity index (χ4n) is 1.07. The van der Waals surface area contributed by atoms with Crippen LogP contribution in [0.15, 0.2) is 0 Å². The molecule has 3 N–H and O–H groups in total. The molecule has 0 saturated heterocycles. The van der Waals surface area contributed by atoms with Crippen LogP contribution in [0.25, 0.3) is 0 Å². The molecule has 0 aliphatic carbocycles. The van der Waals surface area contributed by atoms with Gasteiger partial charge >= 0.3 is 12.0 Å². The molecule has 7 heteroatoms. The molecule has 18 heavy (non-hydrogen) atoms. The maximum absolute atomic E-state index is 11.6. The van der Waals surface area contributed by atoms with E-state index in [-0.39, 0.29) is 4.75 Å². The Hall–Kier alpha value is -0.560. The molecule has 0 spiro atoms. The van der Waals surface area contributed by atoms with Crippen molar-refractivity contribution in [3.05, 3.63) is 0 Å². The van der Waals surface area contributed by atoms with Crippen LogP contribution in [0.4, 0.5) is 4.79 Å². The zero-order valence-corrected chi connectivity index (χ0v) is 12.9. The van der Waals surface area contributed by atoms with Crippen molar-refractivity contribution < 1.29 is 14.7 Å². The van der Waals surface area contributed by atoms with Gasteiger partial charge in [-0.2, -0.15) is 23.5 Å². The van der Waals surface area contributed by atoms with Gasteiger partial charge in [-0.3, -0.25) is 0 Å². The highest BCUT2D eigenvalue weighted by atomic mass is 32.2. The monoisotopic (exact) mass is 294 g/mol. The number of rotatable bonds is 8. The van der Waals surface area contributed by atoms with Crippen LogP contribution in [-0.4, -0.2) is 52.7 Å². The minimum atomic E-state index is -0.997. The van der Waals surface area contributed by atoms with Gasteiger partial charge in [-0.1, -0.05) is 0 Å². The smallest absolute Gasteiger partial charge is 0.326 e. The van der Waals surface area contributed by atoms with Crippen molar-refractivity contribution in [1.82, 2.24) is 10.6 Å². The summed E-state index contributed by atoms with van der Waals surface area (Å²) in [5.41, 5.74) is 0. The van der Waals surface area contributed by atoms with E-state index in [1.54, 1.807) is 23.5 Å². The summed E-state index contributed by atoms with van der Waals surface area (Å²) >= 11 is 3.20. The molecule has 0 saturated carbocycles. The van der Waals surface area contributed by atoms with Gasteiger partial charge in [-0.15, -0.1) is 0 Å². The van der Waals surface area contributed by atoms with Gasteiger partial charge in [-0.25, -0.2) is 9.59 Å². The van der Waals surface area contributed by atoms with Gasteiger partial charge < -0.3 is 15.7 Å². The highest BCUT2D eigenvalue weighted by molar-refractivity contribution is 8.00. The van der Waals surface area contributed by atoms with Crippen LogP contribution in [0.2, 0.25) is 0 Å². The molecule has 0 bridgehead atoms. The number of carboxylic acids is 1. The fourth-order valence-corrected chi connectivity index (χ4v) is 1.76. The van der Waals surface area contributed by atoms with Gasteiger partial charge in [0.25, 0.3) is 0 Å². The largest absolute Gasteiger partial charge is 0.480 e. The predicted molar refractivity (Wildman–Crippen MR) is 78.6 cm³/mol. The quantitative estimate of drug-likeness (QED) is 0.634. The minimum Gasteiger partial charge on any atom is -0.480 e. The zero-order valence-electron chi connectivity index (χ0n) is 11.3. The van der Waals surface area contributed by atoms with Gasteiger partial charge in [-0.05, 0) is 38.5 Å². The summed E-state index contributed by atoms with van der Waals surface area (Å²) < 4.78 is -0.0602. The minimum absolute atomic E-state index is 0.0602. The second-order valence-electron chi connectivity index (χ2n) is 4.46. The van der Waals surface area contributed by atoms with Crippen molar-refractivity contribution in [2.75, 3.05) is 24.8 Å². The van der Waals surface area contributed by atoms with Gasteiger partial charge in [0, 0.05) is 11.3 Å². The first-order valence-electron chi connectivity index (χ1n) is 5.63. The Morgan fingerprint density at radius 1 is 1.33 bits per heavy atom. The van der Waals surface area contributed by atoms with Crippen LogP contribution >= 0.6 is 23.5 Å². The molecule has 2 amide bonds. The summed E-state index contributed by atoms with van der Waals surface area (Å²) in [6, 6.07) is -1.25. The fraction of sp³-hybridized carbons (Fsp3) is 0.818. The van der Waals surface area contributed by atoms with E-state index in [0.29, 0.717) is 18.7 Å². The number of thioether (sulfide) groups is 2. The summed E-state index contributed by atoms with van der Waals surface area (Å²) in [5.74, 6) is -0.295. The van der Waals surface area contributed by atoms with Crippen molar-refractivity contribution in [3.8, 4) is 0 Å². The second kappa shape index (κ2) is 8.53. The highest BCUT2D eigenvalue weighted by Crippen LogP contribution is 2.19. The van der Waals surface area contributed by atoms with Crippen LogP contribution in [0.3, 0.4) is 0 Å². The summed E-state index contributed by atoms with van der Waals surface area (Å²) in [7, 11) is 0. The van der Waals surface area contributed by atoms with Crippen LogP contribution < -0.4 is 10.6 Å². The molecule has 0 rings (SSSR count). The number of hydrogen-bond acceptors (Lipinski definition) is 4. The van der Waals surface area contributed by atoms with E-state index in [0.717, 1.165) is 0 Å². The Morgan fingerprint density at radius 2 is 1.94 bits per heavy atom. The molecular formula is C11H22N2O3S2. The number of amides is 2. The molecule has 1 atom stereocenters. The lowest BCUT2D eigenvalue weighted by Crippen LogP contribution is -2.48. The van der Waals surface area contributed by atoms with Crippen molar-refractivity contribution in [1.29, 1.82) is 0 Å². The molecule has 0 aromatic carbocycles. The lowest BCUT2D eigenvalue weighted by molar-refractivity contribution is -0.139. The number of carbonyl (C=O) groups is 2. The van der Waals surface area contributed by atoms with E-state index in [9.17, 15) is 9.59 Å². The number of hydrogen-bond donors (Lipinski definition) is 3. The predicted octanol–water partition coefficient (Wildman–Crippen LogP) is 1.63. The molecule has 0 radical (unpaired) electrons. The Balaban J connectivity index is 4.14. The average molecular weight is 294 g/mol. The first kappa shape index (κ1) is 17.4. The van der Waals surface area contributed by atoms with Crippen molar-refractivity contribution in [2.24, 2.45) is 0 Å². The molecule has 0 aromatic heterocycles. The standard InChI is InChI=1S/C11H22N2O3S2/c1-11(2,18-4)7-12-10(16)13-8(9(14)15)5-6-17-3/h8H,5-7H2,1-4H3,(H,14,15)(H2,12,13,16)/t8-/m0/s1.